The van der Waals surface area contributed by atoms with Gasteiger partial charge in [-0.05, 0) is 12.1 Å². The molecule has 2 rings (SSSR count). The molecule has 1 aromatic heterocycles. The first kappa shape index (κ1) is 15.9. The van der Waals surface area contributed by atoms with Gasteiger partial charge in [-0.15, -0.1) is 0 Å². The van der Waals surface area contributed by atoms with Crippen molar-refractivity contribution in [2.75, 3.05) is 6.54 Å². The number of imidazole rings is 1. The van der Waals surface area contributed by atoms with Crippen molar-refractivity contribution in [2.45, 2.75) is 11.3 Å². The van der Waals surface area contributed by atoms with Gasteiger partial charge in [-0.3, -0.25) is 0 Å². The van der Waals surface area contributed by atoms with Crippen LogP contribution in [0.5, 0.6) is 0 Å². The highest BCUT2D eigenvalue weighted by atomic mass is 35.5. The van der Waals surface area contributed by atoms with E-state index in [-0.39, 0.29) is 21.5 Å². The molecular weight excluding hydrogens is 332 g/mol. The first-order chi connectivity index (χ1) is 9.90. The molecule has 0 spiro atoms. The third-order valence-electron chi connectivity index (χ3n) is 2.71. The number of H-pyrrole nitrogens is 1. The molecule has 0 aliphatic carbocycles. The Morgan fingerprint density at radius 1 is 1.48 bits per heavy atom. The molecule has 1 heterocycles. The van der Waals surface area contributed by atoms with Gasteiger partial charge in [-0.2, -0.15) is 0 Å². The van der Waals surface area contributed by atoms with E-state index in [1.165, 1.54) is 12.1 Å². The van der Waals surface area contributed by atoms with Crippen molar-refractivity contribution >= 4 is 38.8 Å². The minimum Gasteiger partial charge on any atom is -0.389 e. The molecular formula is C12H13ClN4O2S2. The molecule has 112 valence electrons. The van der Waals surface area contributed by atoms with E-state index in [1.807, 2.05) is 0 Å². The monoisotopic (exact) mass is 344 g/mol. The number of nitrogens with zero attached hydrogens (tertiary/aromatic N) is 1. The molecule has 0 fully saturated rings. The summed E-state index contributed by atoms with van der Waals surface area (Å²) in [6, 6.07) is 4.39. The third-order valence-corrected chi connectivity index (χ3v) is 4.89. The first-order valence-electron chi connectivity index (χ1n) is 5.97. The lowest BCUT2D eigenvalue weighted by molar-refractivity contribution is 0.581. The maximum absolute atomic E-state index is 12.2. The van der Waals surface area contributed by atoms with Gasteiger partial charge in [0.1, 0.15) is 15.7 Å². The highest BCUT2D eigenvalue weighted by Crippen LogP contribution is 2.22. The van der Waals surface area contributed by atoms with Crippen molar-refractivity contribution in [3.8, 4) is 0 Å². The molecule has 0 radical (unpaired) electrons. The van der Waals surface area contributed by atoms with E-state index >= 15 is 0 Å². The lowest BCUT2D eigenvalue weighted by Crippen LogP contribution is -2.27. The topological polar surface area (TPSA) is 101 Å². The van der Waals surface area contributed by atoms with Crippen molar-refractivity contribution in [1.29, 1.82) is 0 Å². The number of thiocarbonyl (C=S) groups is 1. The predicted octanol–water partition coefficient (Wildman–Crippen LogP) is 1.22. The van der Waals surface area contributed by atoms with Crippen LogP contribution in [-0.2, 0) is 16.4 Å². The van der Waals surface area contributed by atoms with Crippen molar-refractivity contribution in [3.63, 3.8) is 0 Å². The Kier molecular flexibility index (Phi) is 4.94. The van der Waals surface area contributed by atoms with Crippen LogP contribution in [0.2, 0.25) is 5.02 Å². The van der Waals surface area contributed by atoms with E-state index in [4.69, 9.17) is 29.6 Å². The van der Waals surface area contributed by atoms with Crippen LogP contribution in [0.4, 0.5) is 0 Å². The average molecular weight is 345 g/mol. The van der Waals surface area contributed by atoms with Gasteiger partial charge in [0.25, 0.3) is 0 Å². The molecule has 9 heteroatoms. The number of hydrogen-bond donors (Lipinski definition) is 3. The van der Waals surface area contributed by atoms with Gasteiger partial charge in [-0.25, -0.2) is 18.1 Å². The Hall–Kier alpha value is -1.48. The summed E-state index contributed by atoms with van der Waals surface area (Å²) in [4.78, 5) is 6.97. The average Bonchev–Trinajstić information content (AvgIpc) is 2.91. The minimum atomic E-state index is -3.74. The van der Waals surface area contributed by atoms with E-state index in [0.29, 0.717) is 17.8 Å². The van der Waals surface area contributed by atoms with Crippen molar-refractivity contribution < 1.29 is 8.42 Å². The highest BCUT2D eigenvalue weighted by Gasteiger charge is 2.18. The molecule has 21 heavy (non-hydrogen) atoms. The summed E-state index contributed by atoms with van der Waals surface area (Å²) < 4.78 is 27.0. The summed E-state index contributed by atoms with van der Waals surface area (Å²) in [7, 11) is -3.74. The van der Waals surface area contributed by atoms with Gasteiger partial charge in [-0.1, -0.05) is 29.9 Å². The molecule has 2 aromatic rings. The van der Waals surface area contributed by atoms with Gasteiger partial charge in [0.15, 0.2) is 0 Å². The Balaban J connectivity index is 2.15. The normalized spacial score (nSPS) is 11.5. The van der Waals surface area contributed by atoms with Gasteiger partial charge >= 0.3 is 0 Å². The zero-order chi connectivity index (χ0) is 15.5. The summed E-state index contributed by atoms with van der Waals surface area (Å²) in [6.45, 7) is 0.198. The molecule has 6 nitrogen and oxygen atoms in total. The number of sulfonamides is 1. The van der Waals surface area contributed by atoms with Crippen LogP contribution in [-0.4, -0.2) is 29.9 Å². The zero-order valence-corrected chi connectivity index (χ0v) is 13.2. The Morgan fingerprint density at radius 3 is 2.86 bits per heavy atom. The largest absolute Gasteiger partial charge is 0.389 e. The molecule has 0 unspecified atom stereocenters. The zero-order valence-electron chi connectivity index (χ0n) is 10.8. The van der Waals surface area contributed by atoms with E-state index in [2.05, 4.69) is 14.7 Å². The number of nitrogens with two attached hydrogens (primary N) is 1. The van der Waals surface area contributed by atoms with Crippen molar-refractivity contribution in [1.82, 2.24) is 14.7 Å². The van der Waals surface area contributed by atoms with Gasteiger partial charge in [0.2, 0.25) is 10.0 Å². The lowest BCUT2D eigenvalue weighted by atomic mass is 10.2. The quantitative estimate of drug-likeness (QED) is 0.684. The number of nitrogens with one attached hydrogen (secondary N) is 2. The van der Waals surface area contributed by atoms with E-state index < -0.39 is 10.0 Å². The molecule has 4 N–H and O–H groups in total. The summed E-state index contributed by atoms with van der Waals surface area (Å²) in [5, 5.41) is 0.112. The number of benzene rings is 1. The van der Waals surface area contributed by atoms with Crippen LogP contribution < -0.4 is 10.5 Å². The highest BCUT2D eigenvalue weighted by molar-refractivity contribution is 7.89. The van der Waals surface area contributed by atoms with Crippen LogP contribution in [0.25, 0.3) is 0 Å². The van der Waals surface area contributed by atoms with Crippen LogP contribution in [0.1, 0.15) is 11.4 Å². The summed E-state index contributed by atoms with van der Waals surface area (Å²) >= 11 is 10.8. The molecule has 0 saturated carbocycles. The smallest absolute Gasteiger partial charge is 0.242 e. The molecule has 0 saturated heterocycles. The third kappa shape index (κ3) is 4.01. The molecule has 0 bridgehead atoms. The molecule has 0 amide bonds. The van der Waals surface area contributed by atoms with Crippen LogP contribution >= 0.6 is 23.8 Å². The second kappa shape index (κ2) is 6.52. The van der Waals surface area contributed by atoms with Gasteiger partial charge in [0, 0.05) is 30.9 Å². The van der Waals surface area contributed by atoms with Crippen molar-refractivity contribution in [3.05, 3.63) is 47.0 Å². The van der Waals surface area contributed by atoms with E-state index in [0.717, 1.165) is 0 Å². The lowest BCUT2D eigenvalue weighted by Gasteiger charge is -2.09. The molecule has 0 atom stereocenters. The first-order valence-corrected chi connectivity index (χ1v) is 8.24. The number of rotatable bonds is 6. The summed E-state index contributed by atoms with van der Waals surface area (Å²) in [5.74, 6) is 0.695. The van der Waals surface area contributed by atoms with Gasteiger partial charge < -0.3 is 10.7 Å². The maximum atomic E-state index is 12.2. The Bertz CT molecular complexity index is 745. The number of aromatic amines is 1. The molecule has 0 aliphatic heterocycles. The van der Waals surface area contributed by atoms with Crippen LogP contribution in [0.3, 0.4) is 0 Å². The van der Waals surface area contributed by atoms with E-state index in [9.17, 15) is 8.42 Å². The Labute approximate surface area is 132 Å². The fourth-order valence-electron chi connectivity index (χ4n) is 1.68. The SMILES string of the molecule is NC(=S)c1ccc(Cl)c(S(=O)(=O)NCCc2ncc[nH]2)c1. The standard InChI is InChI=1S/C12H13ClN4O2S2/c13-9-2-1-8(12(14)20)7-10(9)21(18,19)17-4-3-11-15-5-6-16-11/h1-2,5-7,17H,3-4H2,(H2,14,20)(H,15,16). The number of aromatic nitrogens is 2. The fraction of sp³-hybridized carbons (Fsp3) is 0.167. The second-order valence-corrected chi connectivity index (χ2v) is 6.78. The van der Waals surface area contributed by atoms with E-state index in [1.54, 1.807) is 18.5 Å². The van der Waals surface area contributed by atoms with Crippen molar-refractivity contribution in [2.24, 2.45) is 5.73 Å². The summed E-state index contributed by atoms with van der Waals surface area (Å²) in [6.07, 6.45) is 3.72. The minimum absolute atomic E-state index is 0.0473. The summed E-state index contributed by atoms with van der Waals surface area (Å²) in [5.41, 5.74) is 5.95. The second-order valence-electron chi connectivity index (χ2n) is 4.19. The Morgan fingerprint density at radius 2 is 2.24 bits per heavy atom. The number of hydrogen-bond acceptors (Lipinski definition) is 4. The van der Waals surface area contributed by atoms with Gasteiger partial charge in [0.05, 0.1) is 5.02 Å². The number of halogens is 1. The molecule has 1 aromatic carbocycles. The fourth-order valence-corrected chi connectivity index (χ4v) is 3.36. The van der Waals surface area contributed by atoms with Crippen LogP contribution in [0.15, 0.2) is 35.5 Å². The maximum Gasteiger partial charge on any atom is 0.242 e. The molecule has 0 aliphatic rings. The predicted molar refractivity (Wildman–Crippen MR) is 84.8 cm³/mol. The van der Waals surface area contributed by atoms with Crippen LogP contribution in [0, 0.1) is 0 Å².